The van der Waals surface area contributed by atoms with Gasteiger partial charge in [-0.15, -0.1) is 0 Å². The summed E-state index contributed by atoms with van der Waals surface area (Å²) in [6.07, 6.45) is 1.52. The van der Waals surface area contributed by atoms with Crippen molar-refractivity contribution in [1.82, 2.24) is 4.57 Å². The van der Waals surface area contributed by atoms with E-state index in [0.717, 1.165) is 4.47 Å². The van der Waals surface area contributed by atoms with Crippen molar-refractivity contribution in [1.29, 1.82) is 0 Å². The Hall–Kier alpha value is -1.36. The molecule has 74 valence electrons. The van der Waals surface area contributed by atoms with Gasteiger partial charge >= 0.3 is 5.97 Å². The Labute approximate surface area is 88.6 Å². The largest absolute Gasteiger partial charge is 0.478 e. The van der Waals surface area contributed by atoms with Gasteiger partial charge in [0.05, 0.1) is 6.54 Å². The third kappa shape index (κ3) is 2.56. The molecule has 4 nitrogen and oxygen atoms in total. The molecule has 1 aromatic rings. The van der Waals surface area contributed by atoms with Crippen molar-refractivity contribution in [2.45, 2.75) is 6.54 Å². The van der Waals surface area contributed by atoms with Crippen LogP contribution in [0.15, 0.2) is 39.7 Å². The number of carboxylic acid groups (broad SMARTS) is 1. The molecule has 0 atom stereocenters. The summed E-state index contributed by atoms with van der Waals surface area (Å²) in [7, 11) is 0. The van der Waals surface area contributed by atoms with E-state index in [1.807, 2.05) is 0 Å². The van der Waals surface area contributed by atoms with Gasteiger partial charge in [-0.1, -0.05) is 6.58 Å². The summed E-state index contributed by atoms with van der Waals surface area (Å²) in [6.45, 7) is 3.34. The maximum absolute atomic E-state index is 11.2. The minimum atomic E-state index is -1.10. The zero-order chi connectivity index (χ0) is 10.7. The van der Waals surface area contributed by atoms with Gasteiger partial charge in [-0.25, -0.2) is 4.79 Å². The molecule has 0 aliphatic heterocycles. The molecule has 0 aliphatic rings. The molecule has 0 radical (unpaired) electrons. The number of rotatable bonds is 3. The monoisotopic (exact) mass is 257 g/mol. The van der Waals surface area contributed by atoms with E-state index in [-0.39, 0.29) is 17.7 Å². The van der Waals surface area contributed by atoms with Crippen LogP contribution in [0.25, 0.3) is 0 Å². The van der Waals surface area contributed by atoms with Crippen LogP contribution < -0.4 is 5.56 Å². The minimum Gasteiger partial charge on any atom is -0.478 e. The standard InChI is InChI=1S/C9H8BrNO3/c1-6(9(13)14)4-11-5-7(10)2-3-8(11)12/h2-3,5H,1,4H2,(H,13,14). The van der Waals surface area contributed by atoms with Crippen molar-refractivity contribution in [3.05, 3.63) is 45.3 Å². The molecular weight excluding hydrogens is 250 g/mol. The Kier molecular flexibility index (Phi) is 3.24. The Morgan fingerprint density at radius 2 is 2.21 bits per heavy atom. The highest BCUT2D eigenvalue weighted by Gasteiger charge is 2.05. The van der Waals surface area contributed by atoms with E-state index in [2.05, 4.69) is 22.5 Å². The van der Waals surface area contributed by atoms with Crippen molar-refractivity contribution in [3.8, 4) is 0 Å². The predicted octanol–water partition coefficient (Wildman–Crippen LogP) is 1.25. The van der Waals surface area contributed by atoms with E-state index < -0.39 is 5.97 Å². The Balaban J connectivity index is 2.97. The molecule has 0 amide bonds. The van der Waals surface area contributed by atoms with E-state index in [4.69, 9.17) is 5.11 Å². The molecule has 0 saturated carbocycles. The number of carboxylic acids is 1. The van der Waals surface area contributed by atoms with E-state index in [1.165, 1.54) is 16.8 Å². The molecule has 0 fully saturated rings. The number of carbonyl (C=O) groups is 1. The van der Waals surface area contributed by atoms with Gasteiger partial charge in [-0.3, -0.25) is 4.79 Å². The van der Waals surface area contributed by atoms with E-state index >= 15 is 0 Å². The van der Waals surface area contributed by atoms with Gasteiger partial charge in [0.25, 0.3) is 5.56 Å². The molecule has 14 heavy (non-hydrogen) atoms. The minimum absolute atomic E-state index is 0.00634. The van der Waals surface area contributed by atoms with Gasteiger partial charge < -0.3 is 9.67 Å². The van der Waals surface area contributed by atoms with Crippen molar-refractivity contribution in [2.24, 2.45) is 0 Å². The Morgan fingerprint density at radius 3 is 2.79 bits per heavy atom. The summed E-state index contributed by atoms with van der Waals surface area (Å²) in [5, 5.41) is 8.58. The second-order valence-electron chi connectivity index (χ2n) is 2.72. The topological polar surface area (TPSA) is 59.3 Å². The quantitative estimate of drug-likeness (QED) is 0.830. The lowest BCUT2D eigenvalue weighted by Gasteiger charge is -2.04. The first-order chi connectivity index (χ1) is 6.50. The SMILES string of the molecule is C=C(Cn1cc(Br)ccc1=O)C(=O)O. The van der Waals surface area contributed by atoms with Crippen LogP contribution in [-0.4, -0.2) is 15.6 Å². The summed E-state index contributed by atoms with van der Waals surface area (Å²) in [5.74, 6) is -1.10. The number of nitrogens with zero attached hydrogens (tertiary/aromatic N) is 1. The lowest BCUT2D eigenvalue weighted by Crippen LogP contribution is -2.21. The smallest absolute Gasteiger partial charge is 0.332 e. The van der Waals surface area contributed by atoms with Gasteiger partial charge in [0.15, 0.2) is 0 Å². The summed E-state index contributed by atoms with van der Waals surface area (Å²) >= 11 is 3.19. The van der Waals surface area contributed by atoms with Gasteiger partial charge in [-0.05, 0) is 22.0 Å². The predicted molar refractivity (Wildman–Crippen MR) is 55.2 cm³/mol. The van der Waals surface area contributed by atoms with Crippen LogP contribution in [0.1, 0.15) is 0 Å². The molecule has 5 heteroatoms. The number of hydrogen-bond acceptors (Lipinski definition) is 2. The van der Waals surface area contributed by atoms with Crippen molar-refractivity contribution in [3.63, 3.8) is 0 Å². The highest BCUT2D eigenvalue weighted by Crippen LogP contribution is 2.06. The average Bonchev–Trinajstić information content (AvgIpc) is 2.11. The number of hydrogen-bond donors (Lipinski definition) is 1. The van der Waals surface area contributed by atoms with Crippen LogP contribution in [0.5, 0.6) is 0 Å². The molecule has 0 spiro atoms. The van der Waals surface area contributed by atoms with Crippen LogP contribution in [-0.2, 0) is 11.3 Å². The second kappa shape index (κ2) is 4.23. The second-order valence-corrected chi connectivity index (χ2v) is 3.64. The summed E-state index contributed by atoms with van der Waals surface area (Å²) in [6, 6.07) is 2.96. The van der Waals surface area contributed by atoms with Crippen LogP contribution in [0, 0.1) is 0 Å². The summed E-state index contributed by atoms with van der Waals surface area (Å²) in [5.41, 5.74) is -0.277. The summed E-state index contributed by atoms with van der Waals surface area (Å²) in [4.78, 5) is 21.7. The van der Waals surface area contributed by atoms with Crippen LogP contribution in [0.2, 0.25) is 0 Å². The molecule has 1 N–H and O–H groups in total. The van der Waals surface area contributed by atoms with Crippen LogP contribution >= 0.6 is 15.9 Å². The van der Waals surface area contributed by atoms with Crippen LogP contribution in [0.3, 0.4) is 0 Å². The molecule has 1 aromatic heterocycles. The fourth-order valence-electron chi connectivity index (χ4n) is 0.899. The molecule has 0 aliphatic carbocycles. The maximum Gasteiger partial charge on any atom is 0.332 e. The van der Waals surface area contributed by atoms with Gasteiger partial charge in [0, 0.05) is 22.3 Å². The lowest BCUT2D eigenvalue weighted by atomic mass is 10.3. The molecule has 0 unspecified atom stereocenters. The summed E-state index contributed by atoms with van der Waals surface area (Å²) < 4.78 is 2.00. The molecule has 0 aromatic carbocycles. The highest BCUT2D eigenvalue weighted by molar-refractivity contribution is 9.10. The average molecular weight is 258 g/mol. The number of aromatic nitrogens is 1. The van der Waals surface area contributed by atoms with E-state index in [0.29, 0.717) is 0 Å². The Bertz CT molecular complexity index is 436. The van der Waals surface area contributed by atoms with Gasteiger partial charge in [0.1, 0.15) is 0 Å². The third-order valence-electron chi connectivity index (χ3n) is 1.61. The third-order valence-corrected chi connectivity index (χ3v) is 2.08. The highest BCUT2D eigenvalue weighted by atomic mass is 79.9. The zero-order valence-corrected chi connectivity index (χ0v) is 8.82. The maximum atomic E-state index is 11.2. The number of pyridine rings is 1. The van der Waals surface area contributed by atoms with Gasteiger partial charge in [0.2, 0.25) is 0 Å². The lowest BCUT2D eigenvalue weighted by molar-refractivity contribution is -0.132. The van der Waals surface area contributed by atoms with E-state index in [9.17, 15) is 9.59 Å². The zero-order valence-electron chi connectivity index (χ0n) is 7.24. The van der Waals surface area contributed by atoms with Crippen molar-refractivity contribution >= 4 is 21.9 Å². The van der Waals surface area contributed by atoms with E-state index in [1.54, 1.807) is 6.07 Å². The normalized spacial score (nSPS) is 9.79. The van der Waals surface area contributed by atoms with Crippen molar-refractivity contribution in [2.75, 3.05) is 0 Å². The fraction of sp³-hybridized carbons (Fsp3) is 0.111. The molecule has 1 rings (SSSR count). The molecule has 1 heterocycles. The first kappa shape index (κ1) is 10.7. The first-order valence-corrected chi connectivity index (χ1v) is 4.57. The fourth-order valence-corrected chi connectivity index (χ4v) is 1.28. The number of aliphatic carboxylic acids is 1. The van der Waals surface area contributed by atoms with Crippen molar-refractivity contribution < 1.29 is 9.90 Å². The van der Waals surface area contributed by atoms with Crippen LogP contribution in [0.4, 0.5) is 0 Å². The molecule has 0 bridgehead atoms. The Morgan fingerprint density at radius 1 is 1.57 bits per heavy atom. The number of halogens is 1. The molecule has 0 saturated heterocycles. The molecular formula is C9H8BrNO3. The van der Waals surface area contributed by atoms with Gasteiger partial charge in [-0.2, -0.15) is 0 Å². The first-order valence-electron chi connectivity index (χ1n) is 3.78.